The lowest BCUT2D eigenvalue weighted by atomic mass is 10.1. The molecule has 0 saturated carbocycles. The molecule has 3 aromatic heterocycles. The van der Waals surface area contributed by atoms with Crippen LogP contribution in [0.1, 0.15) is 22.3 Å². The molecule has 3 heterocycles. The van der Waals surface area contributed by atoms with Gasteiger partial charge >= 0.3 is 5.97 Å². The van der Waals surface area contributed by atoms with Crippen LogP contribution in [-0.4, -0.2) is 22.5 Å². The summed E-state index contributed by atoms with van der Waals surface area (Å²) in [6.45, 7) is 4.01. The minimum atomic E-state index is -0.302. The normalized spacial score (nSPS) is 11.0. The summed E-state index contributed by atoms with van der Waals surface area (Å²) in [6, 6.07) is 12.4. The van der Waals surface area contributed by atoms with E-state index in [2.05, 4.69) is 34.2 Å². The molecule has 1 aromatic carbocycles. The van der Waals surface area contributed by atoms with Crippen molar-refractivity contribution in [1.29, 1.82) is 0 Å². The van der Waals surface area contributed by atoms with Gasteiger partial charge in [-0.15, -0.1) is 22.7 Å². The van der Waals surface area contributed by atoms with Gasteiger partial charge in [0.2, 0.25) is 0 Å². The van der Waals surface area contributed by atoms with Crippen molar-refractivity contribution in [3.8, 4) is 20.3 Å². The number of hydrogen-bond donors (Lipinski definition) is 0. The molecule has 26 heavy (non-hydrogen) atoms. The number of carbonyl (C=O) groups excluding carboxylic acids is 1. The topological polar surface area (TPSA) is 52.1 Å². The van der Waals surface area contributed by atoms with E-state index in [4.69, 9.17) is 4.74 Å². The zero-order valence-electron chi connectivity index (χ0n) is 14.4. The second-order valence-corrected chi connectivity index (χ2v) is 7.81. The van der Waals surface area contributed by atoms with Crippen molar-refractivity contribution in [2.75, 3.05) is 6.61 Å². The van der Waals surface area contributed by atoms with Crippen LogP contribution >= 0.6 is 22.7 Å². The van der Waals surface area contributed by atoms with E-state index in [1.165, 1.54) is 16.7 Å². The Hall–Kier alpha value is -2.57. The summed E-state index contributed by atoms with van der Waals surface area (Å²) < 4.78 is 5.11. The summed E-state index contributed by atoms with van der Waals surface area (Å²) in [5.74, 6) is -0.302. The van der Waals surface area contributed by atoms with Crippen LogP contribution in [0, 0.1) is 6.92 Å². The van der Waals surface area contributed by atoms with Crippen molar-refractivity contribution in [2.45, 2.75) is 13.8 Å². The molecule has 4 nitrogen and oxygen atoms in total. The summed E-state index contributed by atoms with van der Waals surface area (Å²) in [6.07, 6.45) is 3.78. The molecule has 0 aliphatic heterocycles. The molecule has 0 amide bonds. The average molecular weight is 380 g/mol. The number of thiophene rings is 1. The Morgan fingerprint density at radius 2 is 1.88 bits per heavy atom. The highest BCUT2D eigenvalue weighted by atomic mass is 32.1. The highest BCUT2D eigenvalue weighted by Crippen LogP contribution is 2.39. The van der Waals surface area contributed by atoms with Gasteiger partial charge in [-0.05, 0) is 31.4 Å². The highest BCUT2D eigenvalue weighted by molar-refractivity contribution is 7.24. The molecule has 0 saturated heterocycles. The van der Waals surface area contributed by atoms with Crippen molar-refractivity contribution in [3.05, 3.63) is 59.4 Å². The van der Waals surface area contributed by atoms with Crippen molar-refractivity contribution in [1.82, 2.24) is 9.97 Å². The molecule has 0 aliphatic rings. The highest BCUT2D eigenvalue weighted by Gasteiger charge is 2.18. The molecule has 130 valence electrons. The van der Waals surface area contributed by atoms with E-state index in [-0.39, 0.29) is 5.97 Å². The maximum absolute atomic E-state index is 12.0. The summed E-state index contributed by atoms with van der Waals surface area (Å²) in [5.41, 5.74) is 1.82. The van der Waals surface area contributed by atoms with E-state index in [1.54, 1.807) is 18.3 Å². The van der Waals surface area contributed by atoms with Crippen LogP contribution in [0.3, 0.4) is 0 Å². The Balaban J connectivity index is 1.73. The maximum atomic E-state index is 12.0. The number of thiazole rings is 1. The molecule has 0 spiro atoms. The van der Waals surface area contributed by atoms with Gasteiger partial charge in [0, 0.05) is 28.2 Å². The molecule has 0 atom stereocenters. The molecule has 4 aromatic rings. The number of pyridine rings is 1. The number of rotatable bonds is 4. The number of aromatic nitrogens is 2. The Labute approximate surface area is 159 Å². The fraction of sp³-hybridized carbons (Fsp3) is 0.150. The first kappa shape index (κ1) is 16.9. The molecular formula is C20H16N2O2S2. The quantitative estimate of drug-likeness (QED) is 0.434. The number of hydrogen-bond acceptors (Lipinski definition) is 6. The number of carbonyl (C=O) groups is 1. The van der Waals surface area contributed by atoms with Gasteiger partial charge in [0.05, 0.1) is 17.2 Å². The first-order valence-electron chi connectivity index (χ1n) is 8.25. The van der Waals surface area contributed by atoms with E-state index in [1.807, 2.05) is 31.5 Å². The van der Waals surface area contributed by atoms with Crippen LogP contribution in [0.5, 0.6) is 0 Å². The molecule has 0 aliphatic carbocycles. The summed E-state index contributed by atoms with van der Waals surface area (Å²) >= 11 is 3.04. The molecule has 6 heteroatoms. The Morgan fingerprint density at radius 3 is 2.73 bits per heavy atom. The van der Waals surface area contributed by atoms with Crippen LogP contribution in [0.15, 0.2) is 48.8 Å². The van der Waals surface area contributed by atoms with Gasteiger partial charge in [-0.25, -0.2) is 9.78 Å². The number of aryl methyl sites for hydroxylation is 1. The number of ether oxygens (including phenoxy) is 1. The van der Waals surface area contributed by atoms with Gasteiger partial charge in [-0.2, -0.15) is 0 Å². The van der Waals surface area contributed by atoms with Crippen molar-refractivity contribution in [3.63, 3.8) is 0 Å². The van der Waals surface area contributed by atoms with Crippen LogP contribution in [0.2, 0.25) is 0 Å². The predicted octanol–water partition coefficient (Wildman–Crippen LogP) is 5.57. The fourth-order valence-corrected chi connectivity index (χ4v) is 4.84. The molecular weight excluding hydrogens is 364 g/mol. The first-order chi connectivity index (χ1) is 12.7. The number of benzene rings is 1. The van der Waals surface area contributed by atoms with E-state index in [0.29, 0.717) is 17.2 Å². The molecule has 0 bridgehead atoms. The van der Waals surface area contributed by atoms with Crippen molar-refractivity contribution < 1.29 is 9.53 Å². The molecule has 4 rings (SSSR count). The molecule has 0 fully saturated rings. The minimum absolute atomic E-state index is 0.302. The lowest BCUT2D eigenvalue weighted by molar-refractivity contribution is 0.0531. The van der Waals surface area contributed by atoms with Gasteiger partial charge in [0.25, 0.3) is 0 Å². The third-order valence-corrected chi connectivity index (χ3v) is 6.43. The molecule has 0 N–H and O–H groups in total. The van der Waals surface area contributed by atoms with Crippen LogP contribution in [-0.2, 0) is 4.74 Å². The third kappa shape index (κ3) is 3.02. The van der Waals surface area contributed by atoms with Crippen LogP contribution < -0.4 is 0 Å². The minimum Gasteiger partial charge on any atom is -0.462 e. The van der Waals surface area contributed by atoms with E-state index in [0.717, 1.165) is 25.7 Å². The van der Waals surface area contributed by atoms with Gasteiger partial charge in [0.1, 0.15) is 9.88 Å². The summed E-state index contributed by atoms with van der Waals surface area (Å²) in [5, 5.41) is 3.14. The lowest BCUT2D eigenvalue weighted by Gasteiger charge is -2.03. The van der Waals surface area contributed by atoms with E-state index in [9.17, 15) is 4.79 Å². The van der Waals surface area contributed by atoms with Crippen LogP contribution in [0.25, 0.3) is 31.1 Å². The number of esters is 1. The summed E-state index contributed by atoms with van der Waals surface area (Å²) in [4.78, 5) is 23.7. The monoisotopic (exact) mass is 380 g/mol. The summed E-state index contributed by atoms with van der Waals surface area (Å²) in [7, 11) is 0. The molecule has 0 radical (unpaired) electrons. The van der Waals surface area contributed by atoms with Gasteiger partial charge in [0.15, 0.2) is 0 Å². The first-order valence-corrected chi connectivity index (χ1v) is 9.88. The number of nitrogens with zero attached hydrogens (tertiary/aromatic N) is 2. The molecule has 0 unspecified atom stereocenters. The van der Waals surface area contributed by atoms with Gasteiger partial charge < -0.3 is 4.74 Å². The average Bonchev–Trinajstić information content (AvgIpc) is 3.28. The Morgan fingerprint density at radius 1 is 1.08 bits per heavy atom. The van der Waals surface area contributed by atoms with E-state index < -0.39 is 0 Å². The predicted molar refractivity (Wildman–Crippen MR) is 107 cm³/mol. The van der Waals surface area contributed by atoms with Crippen LogP contribution in [0.4, 0.5) is 0 Å². The van der Waals surface area contributed by atoms with Gasteiger partial charge in [-0.1, -0.05) is 24.3 Å². The SMILES string of the molecule is CCOC(=O)c1sc(-c2ccc(-c3cncc4ccccc34)s2)nc1C. The second kappa shape index (κ2) is 6.97. The smallest absolute Gasteiger partial charge is 0.350 e. The fourth-order valence-electron chi connectivity index (χ4n) is 2.80. The number of fused-ring (bicyclic) bond motifs is 1. The zero-order valence-corrected chi connectivity index (χ0v) is 16.0. The Bertz CT molecular complexity index is 1090. The van der Waals surface area contributed by atoms with Crippen molar-refractivity contribution in [2.24, 2.45) is 0 Å². The maximum Gasteiger partial charge on any atom is 0.350 e. The zero-order chi connectivity index (χ0) is 18.1. The van der Waals surface area contributed by atoms with Gasteiger partial charge in [-0.3, -0.25) is 4.98 Å². The standard InChI is InChI=1S/C20H16N2O2S2/c1-3-24-20(23)18-12(2)22-19(26-18)17-9-8-16(25-17)15-11-21-10-13-6-4-5-7-14(13)15/h4-11H,3H2,1-2H3. The lowest BCUT2D eigenvalue weighted by Crippen LogP contribution is -2.03. The Kier molecular flexibility index (Phi) is 4.53. The van der Waals surface area contributed by atoms with E-state index >= 15 is 0 Å². The second-order valence-electron chi connectivity index (χ2n) is 5.73. The largest absolute Gasteiger partial charge is 0.462 e. The third-order valence-electron chi connectivity index (χ3n) is 4.01. The van der Waals surface area contributed by atoms with Crippen molar-refractivity contribution >= 4 is 39.4 Å².